The van der Waals surface area contributed by atoms with E-state index in [1.54, 1.807) is 0 Å². The number of nitrogens with zero attached hydrogens (tertiary/aromatic N) is 2. The van der Waals surface area contributed by atoms with E-state index in [0.29, 0.717) is 30.3 Å². The summed E-state index contributed by atoms with van der Waals surface area (Å²) in [6.45, 7) is 5.18. The van der Waals surface area contributed by atoms with Gasteiger partial charge < -0.3 is 10.0 Å². The van der Waals surface area contributed by atoms with Crippen molar-refractivity contribution in [3.63, 3.8) is 0 Å². The molecule has 0 spiro atoms. The minimum absolute atomic E-state index is 0.0620. The molecule has 2 bridgehead atoms. The maximum atomic E-state index is 13.0. The maximum Gasteiger partial charge on any atom is 0.251 e. The summed E-state index contributed by atoms with van der Waals surface area (Å²) < 4.78 is 0. The van der Waals surface area contributed by atoms with Gasteiger partial charge in [-0.2, -0.15) is 0 Å². The summed E-state index contributed by atoms with van der Waals surface area (Å²) in [5.41, 5.74) is 1.03. The second kappa shape index (κ2) is 8.32. The van der Waals surface area contributed by atoms with Crippen molar-refractivity contribution in [3.05, 3.63) is 35.9 Å². The van der Waals surface area contributed by atoms with Gasteiger partial charge in [-0.15, -0.1) is 0 Å². The van der Waals surface area contributed by atoms with Crippen LogP contribution in [-0.2, 0) is 11.2 Å². The number of amides is 1. The topological polar surface area (TPSA) is 43.8 Å². The monoisotopic (exact) mass is 370 g/mol. The standard InChI is InChI=1S/C23H34N2O2/c1-2-8-20-18-14-19(21-11-6-7-12-25(20)21)16-24(15-18)23(27)22(26)13-17-9-4-3-5-10-17/h3-5,9-10,18-22,26H,2,6-8,11-16H2,1H3/t18-,19+,20-,21-,22-/m0/s1. The van der Waals surface area contributed by atoms with E-state index in [9.17, 15) is 9.90 Å². The Morgan fingerprint density at radius 2 is 1.96 bits per heavy atom. The van der Waals surface area contributed by atoms with E-state index < -0.39 is 6.10 Å². The van der Waals surface area contributed by atoms with Crippen LogP contribution in [0.5, 0.6) is 0 Å². The van der Waals surface area contributed by atoms with Crippen LogP contribution in [0.3, 0.4) is 0 Å². The number of carbonyl (C=O) groups excluding carboxylic acids is 1. The molecule has 148 valence electrons. The van der Waals surface area contributed by atoms with E-state index in [-0.39, 0.29) is 5.91 Å². The number of fused-ring (bicyclic) bond motifs is 4. The van der Waals surface area contributed by atoms with E-state index in [1.165, 1.54) is 45.1 Å². The number of hydrogen-bond donors (Lipinski definition) is 1. The average molecular weight is 371 g/mol. The van der Waals surface area contributed by atoms with Crippen molar-refractivity contribution >= 4 is 5.91 Å². The third-order valence-corrected chi connectivity index (χ3v) is 7.07. The summed E-state index contributed by atoms with van der Waals surface area (Å²) in [7, 11) is 0. The van der Waals surface area contributed by atoms with Crippen LogP contribution in [0.1, 0.15) is 51.0 Å². The van der Waals surface area contributed by atoms with Gasteiger partial charge in [0.05, 0.1) is 0 Å². The van der Waals surface area contributed by atoms with Gasteiger partial charge in [0.2, 0.25) is 0 Å². The first-order chi connectivity index (χ1) is 13.2. The maximum absolute atomic E-state index is 13.0. The fourth-order valence-electron chi connectivity index (χ4n) is 5.92. The molecule has 3 fully saturated rings. The summed E-state index contributed by atoms with van der Waals surface area (Å²) in [5.74, 6) is 1.10. The number of rotatable bonds is 5. The molecule has 1 amide bonds. The van der Waals surface area contributed by atoms with Gasteiger partial charge in [-0.1, -0.05) is 50.1 Å². The van der Waals surface area contributed by atoms with Crippen LogP contribution in [0, 0.1) is 11.8 Å². The Morgan fingerprint density at radius 1 is 1.19 bits per heavy atom. The Kier molecular flexibility index (Phi) is 5.84. The predicted molar refractivity (Wildman–Crippen MR) is 107 cm³/mol. The van der Waals surface area contributed by atoms with Crippen molar-refractivity contribution in [3.8, 4) is 0 Å². The molecule has 3 saturated heterocycles. The fourth-order valence-corrected chi connectivity index (χ4v) is 5.92. The Hall–Kier alpha value is -1.39. The lowest BCUT2D eigenvalue weighted by Gasteiger charge is -2.57. The van der Waals surface area contributed by atoms with Gasteiger partial charge in [0.15, 0.2) is 0 Å². The van der Waals surface area contributed by atoms with Gasteiger partial charge in [-0.3, -0.25) is 9.69 Å². The molecular weight excluding hydrogens is 336 g/mol. The lowest BCUT2D eigenvalue weighted by atomic mass is 9.71. The molecule has 1 N–H and O–H groups in total. The highest BCUT2D eigenvalue weighted by Gasteiger charge is 2.47. The first kappa shape index (κ1) is 18.9. The van der Waals surface area contributed by atoms with E-state index in [2.05, 4.69) is 11.8 Å². The summed E-state index contributed by atoms with van der Waals surface area (Å²) >= 11 is 0. The third kappa shape index (κ3) is 3.93. The van der Waals surface area contributed by atoms with Crippen LogP contribution in [0.4, 0.5) is 0 Å². The van der Waals surface area contributed by atoms with Gasteiger partial charge in [0.25, 0.3) is 5.91 Å². The van der Waals surface area contributed by atoms with E-state index >= 15 is 0 Å². The highest BCUT2D eigenvalue weighted by Crippen LogP contribution is 2.42. The predicted octanol–water partition coefficient (Wildman–Crippen LogP) is 3.09. The number of aliphatic hydroxyl groups excluding tert-OH is 1. The van der Waals surface area contributed by atoms with Crippen molar-refractivity contribution < 1.29 is 9.90 Å². The highest BCUT2D eigenvalue weighted by atomic mass is 16.3. The normalized spacial score (nSPS) is 32.0. The summed E-state index contributed by atoms with van der Waals surface area (Å²) in [5, 5.41) is 10.6. The number of piperidine rings is 3. The fraction of sp³-hybridized carbons (Fsp3) is 0.696. The molecule has 3 aliphatic rings. The van der Waals surface area contributed by atoms with Gasteiger partial charge in [-0.25, -0.2) is 0 Å². The second-order valence-corrected chi connectivity index (χ2v) is 8.86. The smallest absolute Gasteiger partial charge is 0.251 e. The Morgan fingerprint density at radius 3 is 2.74 bits per heavy atom. The van der Waals surface area contributed by atoms with Crippen LogP contribution >= 0.6 is 0 Å². The lowest BCUT2D eigenvalue weighted by Crippen LogP contribution is -2.64. The number of benzene rings is 1. The molecule has 3 aliphatic heterocycles. The SMILES string of the molecule is CCC[C@H]1[C@H]2C[C@H](CN(C(=O)[C@@H](O)Cc3ccccc3)C2)[C@@H]2CCCCN21. The van der Waals surface area contributed by atoms with Crippen molar-refractivity contribution in [2.45, 2.75) is 70.1 Å². The zero-order valence-corrected chi connectivity index (χ0v) is 16.6. The van der Waals surface area contributed by atoms with Crippen LogP contribution < -0.4 is 0 Å². The van der Waals surface area contributed by atoms with Crippen LogP contribution in [0.15, 0.2) is 30.3 Å². The van der Waals surface area contributed by atoms with E-state index in [1.807, 2.05) is 35.2 Å². The van der Waals surface area contributed by atoms with Gasteiger partial charge in [0, 0.05) is 31.6 Å². The minimum atomic E-state index is -0.918. The summed E-state index contributed by atoms with van der Waals surface area (Å²) in [6.07, 6.45) is 7.15. The number of hydrogen-bond acceptors (Lipinski definition) is 3. The van der Waals surface area contributed by atoms with Crippen molar-refractivity contribution in [2.24, 2.45) is 11.8 Å². The number of likely N-dealkylation sites (tertiary alicyclic amines) is 1. The number of aliphatic hydroxyl groups is 1. The Bertz CT molecular complexity index is 635. The zero-order valence-electron chi connectivity index (χ0n) is 16.6. The van der Waals surface area contributed by atoms with Crippen LogP contribution in [0.25, 0.3) is 0 Å². The van der Waals surface area contributed by atoms with Gasteiger partial charge in [0.1, 0.15) is 6.10 Å². The van der Waals surface area contributed by atoms with Crippen molar-refractivity contribution in [1.29, 1.82) is 0 Å². The van der Waals surface area contributed by atoms with E-state index in [4.69, 9.17) is 0 Å². The van der Waals surface area contributed by atoms with Crippen molar-refractivity contribution in [2.75, 3.05) is 19.6 Å². The van der Waals surface area contributed by atoms with Crippen LogP contribution in [0.2, 0.25) is 0 Å². The molecule has 0 aliphatic carbocycles. The lowest BCUT2D eigenvalue weighted by molar-refractivity contribution is -0.149. The quantitative estimate of drug-likeness (QED) is 0.866. The van der Waals surface area contributed by atoms with E-state index in [0.717, 1.165) is 18.7 Å². The molecule has 0 radical (unpaired) electrons. The molecule has 0 aromatic heterocycles. The van der Waals surface area contributed by atoms with Gasteiger partial charge >= 0.3 is 0 Å². The molecule has 5 atom stereocenters. The second-order valence-electron chi connectivity index (χ2n) is 8.86. The minimum Gasteiger partial charge on any atom is -0.383 e. The van der Waals surface area contributed by atoms with Crippen LogP contribution in [-0.4, -0.2) is 58.6 Å². The molecule has 4 nitrogen and oxygen atoms in total. The molecule has 0 saturated carbocycles. The molecule has 3 heterocycles. The molecule has 1 aromatic carbocycles. The average Bonchev–Trinajstić information content (AvgIpc) is 2.71. The third-order valence-electron chi connectivity index (χ3n) is 7.07. The molecule has 4 heteroatoms. The zero-order chi connectivity index (χ0) is 18.8. The first-order valence-corrected chi connectivity index (χ1v) is 10.9. The molecule has 27 heavy (non-hydrogen) atoms. The number of carbonyl (C=O) groups is 1. The molecule has 1 aromatic rings. The Labute approximate surface area is 163 Å². The highest BCUT2D eigenvalue weighted by molar-refractivity contribution is 5.81. The largest absolute Gasteiger partial charge is 0.383 e. The first-order valence-electron chi connectivity index (χ1n) is 10.9. The Balaban J connectivity index is 1.46. The molecule has 4 rings (SSSR count). The molecular formula is C23H34N2O2. The van der Waals surface area contributed by atoms with Gasteiger partial charge in [-0.05, 0) is 49.6 Å². The molecule has 0 unspecified atom stereocenters. The van der Waals surface area contributed by atoms with Crippen molar-refractivity contribution in [1.82, 2.24) is 9.80 Å². The summed E-state index contributed by atoms with van der Waals surface area (Å²) in [6, 6.07) is 11.1. The summed E-state index contributed by atoms with van der Waals surface area (Å²) in [4.78, 5) is 17.8.